The van der Waals surface area contributed by atoms with Crippen molar-refractivity contribution in [2.45, 2.75) is 6.54 Å². The van der Waals surface area contributed by atoms with E-state index in [9.17, 15) is 4.79 Å². The van der Waals surface area contributed by atoms with Gasteiger partial charge in [0, 0.05) is 38.8 Å². The molecule has 0 aliphatic rings. The number of rotatable bonds is 7. The topological polar surface area (TPSA) is 64.8 Å². The monoisotopic (exact) mass is 539 g/mol. The van der Waals surface area contributed by atoms with Gasteiger partial charge in [-0.05, 0) is 58.5 Å². The lowest BCUT2D eigenvalue weighted by Crippen LogP contribution is -2.18. The van der Waals surface area contributed by atoms with E-state index in [2.05, 4.69) is 74.1 Å². The van der Waals surface area contributed by atoms with E-state index in [1.807, 2.05) is 18.3 Å². The predicted octanol–water partition coefficient (Wildman–Crippen LogP) is 5.08. The van der Waals surface area contributed by atoms with Gasteiger partial charge in [-0.3, -0.25) is 4.79 Å². The van der Waals surface area contributed by atoms with Gasteiger partial charge in [0.2, 0.25) is 0 Å². The van der Waals surface area contributed by atoms with Crippen molar-refractivity contribution >= 4 is 45.6 Å². The number of amides is 1. The zero-order valence-corrected chi connectivity index (χ0v) is 19.9. The van der Waals surface area contributed by atoms with Gasteiger partial charge in [0.05, 0.1) is 26.0 Å². The number of carbonyl (C=O) groups is 1. The smallest absolute Gasteiger partial charge is 0.275 e. The molecule has 1 aromatic heterocycles. The van der Waals surface area contributed by atoms with Gasteiger partial charge in [-0.1, -0.05) is 30.3 Å². The standard InChI is InChI=1S/C25H22IN3O3/c1-31-20-11-12-22(24(13-20)32-2)25(30)28-27-14-18-16-29(23-6-4-3-5-21(18)23)15-17-7-9-19(26)10-8-17/h3-14,16H,15H2,1-2H3,(H,28,30)/b27-14-. The molecule has 32 heavy (non-hydrogen) atoms. The first-order valence-electron chi connectivity index (χ1n) is 9.97. The van der Waals surface area contributed by atoms with E-state index < -0.39 is 0 Å². The molecule has 0 bridgehead atoms. The van der Waals surface area contributed by atoms with E-state index in [1.165, 1.54) is 16.2 Å². The molecule has 4 aromatic rings. The van der Waals surface area contributed by atoms with Crippen LogP contribution < -0.4 is 14.9 Å². The Balaban J connectivity index is 1.55. The van der Waals surface area contributed by atoms with E-state index in [-0.39, 0.29) is 5.91 Å². The van der Waals surface area contributed by atoms with Gasteiger partial charge < -0.3 is 14.0 Å². The highest BCUT2D eigenvalue weighted by Gasteiger charge is 2.13. The van der Waals surface area contributed by atoms with Crippen molar-refractivity contribution in [3.05, 3.63) is 93.2 Å². The molecule has 1 amide bonds. The Bertz CT molecular complexity index is 1280. The van der Waals surface area contributed by atoms with E-state index in [0.29, 0.717) is 17.1 Å². The first kappa shape index (κ1) is 21.9. The maximum atomic E-state index is 12.6. The van der Waals surface area contributed by atoms with Crippen LogP contribution in [-0.2, 0) is 6.54 Å². The second kappa shape index (κ2) is 9.86. The highest BCUT2D eigenvalue weighted by molar-refractivity contribution is 14.1. The Morgan fingerprint density at radius 1 is 1.06 bits per heavy atom. The summed E-state index contributed by atoms with van der Waals surface area (Å²) in [6.07, 6.45) is 3.72. The molecule has 0 saturated carbocycles. The van der Waals surface area contributed by atoms with Crippen LogP contribution in [0, 0.1) is 3.57 Å². The van der Waals surface area contributed by atoms with Gasteiger partial charge in [-0.2, -0.15) is 5.10 Å². The third kappa shape index (κ3) is 4.77. The van der Waals surface area contributed by atoms with Gasteiger partial charge >= 0.3 is 0 Å². The van der Waals surface area contributed by atoms with Crippen LogP contribution in [0.25, 0.3) is 10.9 Å². The third-order valence-electron chi connectivity index (χ3n) is 5.11. The van der Waals surface area contributed by atoms with Crippen molar-refractivity contribution in [1.29, 1.82) is 0 Å². The number of halogens is 1. The Morgan fingerprint density at radius 3 is 2.59 bits per heavy atom. The van der Waals surface area contributed by atoms with Crippen molar-refractivity contribution in [1.82, 2.24) is 9.99 Å². The second-order valence-electron chi connectivity index (χ2n) is 7.12. The summed E-state index contributed by atoms with van der Waals surface area (Å²) in [5, 5.41) is 5.26. The Morgan fingerprint density at radius 2 is 1.84 bits per heavy atom. The Hall–Kier alpha value is -3.33. The number of fused-ring (bicyclic) bond motifs is 1. The molecule has 0 aliphatic heterocycles. The fourth-order valence-corrected chi connectivity index (χ4v) is 3.86. The Labute approximate surface area is 200 Å². The molecular weight excluding hydrogens is 517 g/mol. The van der Waals surface area contributed by atoms with Gasteiger partial charge in [0.15, 0.2) is 0 Å². The quantitative estimate of drug-likeness (QED) is 0.203. The molecule has 1 heterocycles. The van der Waals surface area contributed by atoms with Crippen molar-refractivity contribution < 1.29 is 14.3 Å². The van der Waals surface area contributed by atoms with E-state index in [4.69, 9.17) is 9.47 Å². The summed E-state index contributed by atoms with van der Waals surface area (Å²) in [6.45, 7) is 0.751. The van der Waals surface area contributed by atoms with Gasteiger partial charge in [0.25, 0.3) is 5.91 Å². The number of para-hydroxylation sites is 1. The number of hydrogen-bond acceptors (Lipinski definition) is 4. The van der Waals surface area contributed by atoms with Gasteiger partial charge in [-0.25, -0.2) is 5.43 Å². The molecule has 6 nitrogen and oxygen atoms in total. The normalized spacial score (nSPS) is 11.1. The molecule has 162 valence electrons. The molecule has 3 aromatic carbocycles. The molecule has 0 radical (unpaired) electrons. The number of nitrogens with one attached hydrogen (secondary N) is 1. The highest BCUT2D eigenvalue weighted by atomic mass is 127. The van der Waals surface area contributed by atoms with Crippen molar-refractivity contribution in [2.75, 3.05) is 14.2 Å². The summed E-state index contributed by atoms with van der Waals surface area (Å²) >= 11 is 2.31. The van der Waals surface area contributed by atoms with Crippen molar-refractivity contribution in [3.8, 4) is 11.5 Å². The average molecular weight is 539 g/mol. The minimum Gasteiger partial charge on any atom is -0.497 e. The number of methoxy groups -OCH3 is 2. The summed E-state index contributed by atoms with van der Waals surface area (Å²) in [5.74, 6) is 0.678. The molecule has 0 saturated heterocycles. The van der Waals surface area contributed by atoms with Crippen LogP contribution in [-0.4, -0.2) is 30.9 Å². The first-order chi connectivity index (χ1) is 15.6. The number of carbonyl (C=O) groups excluding carboxylic acids is 1. The maximum absolute atomic E-state index is 12.6. The largest absolute Gasteiger partial charge is 0.497 e. The zero-order valence-electron chi connectivity index (χ0n) is 17.7. The van der Waals surface area contributed by atoms with Crippen LogP contribution >= 0.6 is 22.6 Å². The van der Waals surface area contributed by atoms with Crippen LogP contribution in [0.1, 0.15) is 21.5 Å². The van der Waals surface area contributed by atoms with Gasteiger partial charge in [0.1, 0.15) is 11.5 Å². The molecule has 1 N–H and O–H groups in total. The molecule has 0 unspecified atom stereocenters. The summed E-state index contributed by atoms with van der Waals surface area (Å²) in [7, 11) is 3.07. The van der Waals surface area contributed by atoms with Crippen LogP contribution in [0.5, 0.6) is 11.5 Å². The summed E-state index contributed by atoms with van der Waals surface area (Å²) in [4.78, 5) is 12.6. The van der Waals surface area contributed by atoms with Crippen LogP contribution in [0.3, 0.4) is 0 Å². The SMILES string of the molecule is COc1ccc(C(=O)N/N=C\c2cn(Cc3ccc(I)cc3)c3ccccc23)c(OC)c1. The molecule has 0 atom stereocenters. The second-order valence-corrected chi connectivity index (χ2v) is 8.37. The molecule has 0 fully saturated rings. The minimum absolute atomic E-state index is 0.358. The fourth-order valence-electron chi connectivity index (χ4n) is 3.50. The zero-order chi connectivity index (χ0) is 22.5. The van der Waals surface area contributed by atoms with Crippen molar-refractivity contribution in [3.63, 3.8) is 0 Å². The van der Waals surface area contributed by atoms with Crippen molar-refractivity contribution in [2.24, 2.45) is 5.10 Å². The number of ether oxygens (including phenoxy) is 2. The molecule has 0 spiro atoms. The van der Waals surface area contributed by atoms with Gasteiger partial charge in [-0.15, -0.1) is 0 Å². The van der Waals surface area contributed by atoms with Crippen LogP contribution in [0.4, 0.5) is 0 Å². The molecule has 0 aliphatic carbocycles. The number of nitrogens with zero attached hydrogens (tertiary/aromatic N) is 2. The number of hydrazone groups is 1. The molecule has 7 heteroatoms. The molecule has 4 rings (SSSR count). The predicted molar refractivity (Wildman–Crippen MR) is 135 cm³/mol. The minimum atomic E-state index is -0.358. The lowest BCUT2D eigenvalue weighted by molar-refractivity contribution is 0.0952. The average Bonchev–Trinajstić information content (AvgIpc) is 3.17. The van der Waals surface area contributed by atoms with Crippen LogP contribution in [0.2, 0.25) is 0 Å². The maximum Gasteiger partial charge on any atom is 0.275 e. The van der Waals surface area contributed by atoms with E-state index >= 15 is 0 Å². The number of benzene rings is 3. The lowest BCUT2D eigenvalue weighted by atomic mass is 10.2. The third-order valence-corrected chi connectivity index (χ3v) is 5.83. The van der Waals surface area contributed by atoms with E-state index in [1.54, 1.807) is 31.5 Å². The number of hydrogen-bond donors (Lipinski definition) is 1. The number of aromatic nitrogens is 1. The molecular formula is C25H22IN3O3. The Kier molecular flexibility index (Phi) is 6.75. The summed E-state index contributed by atoms with van der Waals surface area (Å²) in [5.41, 5.74) is 6.22. The van der Waals surface area contributed by atoms with Crippen LogP contribution in [0.15, 0.2) is 78.0 Å². The van der Waals surface area contributed by atoms with E-state index in [0.717, 1.165) is 23.0 Å². The summed E-state index contributed by atoms with van der Waals surface area (Å²) in [6, 6.07) is 21.6. The lowest BCUT2D eigenvalue weighted by Gasteiger charge is -2.08. The highest BCUT2D eigenvalue weighted by Crippen LogP contribution is 2.25. The first-order valence-corrected chi connectivity index (χ1v) is 11.0. The summed E-state index contributed by atoms with van der Waals surface area (Å²) < 4.78 is 13.9. The fraction of sp³-hybridized carbons (Fsp3) is 0.120.